The SMILES string of the molecule is CC(C)=CCC[C@@H](C)C/C=N\NC(=O)c1ccccc1F. The highest BCUT2D eigenvalue weighted by atomic mass is 19.1. The van der Waals surface area contributed by atoms with Gasteiger partial charge in [0.1, 0.15) is 5.82 Å². The fraction of sp³-hybridized carbons (Fsp3) is 0.412. The van der Waals surface area contributed by atoms with Crippen LogP contribution in [0.15, 0.2) is 41.0 Å². The Kier molecular flexibility index (Phi) is 7.37. The first-order valence-corrected chi connectivity index (χ1v) is 7.20. The summed E-state index contributed by atoms with van der Waals surface area (Å²) in [5.74, 6) is -0.573. The Bertz CT molecular complexity index is 519. The van der Waals surface area contributed by atoms with Crippen LogP contribution in [0.25, 0.3) is 0 Å². The maximum Gasteiger partial charge on any atom is 0.274 e. The first-order valence-electron chi connectivity index (χ1n) is 7.20. The number of allylic oxidation sites excluding steroid dienone is 2. The number of rotatable bonds is 7. The second-order valence-electron chi connectivity index (χ2n) is 5.43. The summed E-state index contributed by atoms with van der Waals surface area (Å²) in [6.07, 6.45) is 6.81. The van der Waals surface area contributed by atoms with Gasteiger partial charge in [-0.2, -0.15) is 5.10 Å². The van der Waals surface area contributed by atoms with Crippen LogP contribution in [0.1, 0.15) is 50.4 Å². The highest BCUT2D eigenvalue weighted by Crippen LogP contribution is 2.10. The van der Waals surface area contributed by atoms with E-state index >= 15 is 0 Å². The first-order chi connectivity index (χ1) is 10.0. The molecular weight excluding hydrogens is 267 g/mol. The van der Waals surface area contributed by atoms with Gasteiger partial charge in [-0.15, -0.1) is 0 Å². The molecule has 1 atom stereocenters. The van der Waals surface area contributed by atoms with E-state index in [1.54, 1.807) is 18.3 Å². The summed E-state index contributed by atoms with van der Waals surface area (Å²) >= 11 is 0. The van der Waals surface area contributed by atoms with Gasteiger partial charge in [-0.1, -0.05) is 30.7 Å². The van der Waals surface area contributed by atoms with Gasteiger partial charge in [0, 0.05) is 6.21 Å². The fourth-order valence-corrected chi connectivity index (χ4v) is 1.82. The summed E-state index contributed by atoms with van der Waals surface area (Å²) in [5, 5.41) is 3.87. The molecular formula is C17H23FN2O. The van der Waals surface area contributed by atoms with E-state index in [9.17, 15) is 9.18 Å². The van der Waals surface area contributed by atoms with Crippen molar-refractivity contribution >= 4 is 12.1 Å². The molecule has 0 aliphatic carbocycles. The van der Waals surface area contributed by atoms with Gasteiger partial charge in [-0.25, -0.2) is 9.82 Å². The maximum atomic E-state index is 13.4. The van der Waals surface area contributed by atoms with Gasteiger partial charge in [0.05, 0.1) is 5.56 Å². The number of hydrogen-bond acceptors (Lipinski definition) is 2. The number of carbonyl (C=O) groups is 1. The number of nitrogens with zero attached hydrogens (tertiary/aromatic N) is 1. The number of hydrazone groups is 1. The van der Waals surface area contributed by atoms with E-state index in [0.29, 0.717) is 5.92 Å². The minimum atomic E-state index is -0.541. The second-order valence-corrected chi connectivity index (χ2v) is 5.43. The van der Waals surface area contributed by atoms with E-state index in [1.165, 1.54) is 17.7 Å². The van der Waals surface area contributed by atoms with Crippen molar-refractivity contribution in [3.63, 3.8) is 0 Å². The molecule has 114 valence electrons. The van der Waals surface area contributed by atoms with Crippen molar-refractivity contribution in [1.29, 1.82) is 0 Å². The molecule has 4 heteroatoms. The third-order valence-corrected chi connectivity index (χ3v) is 3.10. The monoisotopic (exact) mass is 290 g/mol. The maximum absolute atomic E-state index is 13.4. The molecule has 1 aromatic carbocycles. The molecule has 0 saturated heterocycles. The number of nitrogens with one attached hydrogen (secondary N) is 1. The molecule has 0 aliphatic heterocycles. The Labute approximate surface area is 125 Å². The standard InChI is InChI=1S/C17H23FN2O/c1-13(2)7-6-8-14(3)11-12-19-20-17(21)15-9-4-5-10-16(15)18/h4-5,7,9-10,12,14H,6,8,11H2,1-3H3,(H,20,21)/b19-12-/t14-/m1/s1. The molecule has 0 aromatic heterocycles. The topological polar surface area (TPSA) is 41.5 Å². The molecule has 1 aromatic rings. The van der Waals surface area contributed by atoms with Gasteiger partial charge < -0.3 is 0 Å². The molecule has 21 heavy (non-hydrogen) atoms. The normalized spacial score (nSPS) is 12.2. The number of hydrogen-bond donors (Lipinski definition) is 1. The van der Waals surface area contributed by atoms with Crippen molar-refractivity contribution in [2.24, 2.45) is 11.0 Å². The van der Waals surface area contributed by atoms with E-state index in [4.69, 9.17) is 0 Å². The fourth-order valence-electron chi connectivity index (χ4n) is 1.82. The summed E-state index contributed by atoms with van der Waals surface area (Å²) in [6, 6.07) is 5.85. The largest absolute Gasteiger partial charge is 0.274 e. The number of amides is 1. The quantitative estimate of drug-likeness (QED) is 0.453. The van der Waals surface area contributed by atoms with Crippen molar-refractivity contribution in [3.8, 4) is 0 Å². The average Bonchev–Trinajstić information content (AvgIpc) is 2.43. The van der Waals surface area contributed by atoms with E-state index in [2.05, 4.69) is 37.4 Å². The van der Waals surface area contributed by atoms with Crippen LogP contribution < -0.4 is 5.43 Å². The van der Waals surface area contributed by atoms with Gasteiger partial charge in [-0.05, 0) is 51.2 Å². The molecule has 0 radical (unpaired) electrons. The predicted molar refractivity (Wildman–Crippen MR) is 84.8 cm³/mol. The van der Waals surface area contributed by atoms with Crippen LogP contribution in [0.2, 0.25) is 0 Å². The van der Waals surface area contributed by atoms with Crippen molar-refractivity contribution in [2.75, 3.05) is 0 Å². The minimum absolute atomic E-state index is 0.00579. The molecule has 0 heterocycles. The van der Waals surface area contributed by atoms with Crippen LogP contribution in [-0.2, 0) is 0 Å². The number of carbonyl (C=O) groups excluding carboxylic acids is 1. The lowest BCUT2D eigenvalue weighted by Gasteiger charge is -2.06. The summed E-state index contributed by atoms with van der Waals surface area (Å²) in [7, 11) is 0. The zero-order chi connectivity index (χ0) is 15.7. The Morgan fingerprint density at radius 1 is 1.38 bits per heavy atom. The van der Waals surface area contributed by atoms with Gasteiger partial charge >= 0.3 is 0 Å². The third kappa shape index (κ3) is 6.84. The lowest BCUT2D eigenvalue weighted by Crippen LogP contribution is -2.19. The smallest absolute Gasteiger partial charge is 0.267 e. The molecule has 0 unspecified atom stereocenters. The van der Waals surface area contributed by atoms with E-state index in [-0.39, 0.29) is 5.56 Å². The van der Waals surface area contributed by atoms with Crippen molar-refractivity contribution in [2.45, 2.75) is 40.0 Å². The van der Waals surface area contributed by atoms with E-state index < -0.39 is 11.7 Å². The zero-order valence-corrected chi connectivity index (χ0v) is 12.9. The molecule has 1 rings (SSSR count). The Hall–Kier alpha value is -1.97. The van der Waals surface area contributed by atoms with Gasteiger partial charge in [-0.3, -0.25) is 4.79 Å². The van der Waals surface area contributed by atoms with E-state index in [0.717, 1.165) is 19.3 Å². The summed E-state index contributed by atoms with van der Waals surface area (Å²) < 4.78 is 13.4. The summed E-state index contributed by atoms with van der Waals surface area (Å²) in [6.45, 7) is 6.32. The molecule has 0 saturated carbocycles. The molecule has 0 spiro atoms. The van der Waals surface area contributed by atoms with Crippen molar-refractivity contribution in [1.82, 2.24) is 5.43 Å². The highest BCUT2D eigenvalue weighted by Gasteiger charge is 2.09. The van der Waals surface area contributed by atoms with Gasteiger partial charge in [0.15, 0.2) is 0 Å². The third-order valence-electron chi connectivity index (χ3n) is 3.10. The average molecular weight is 290 g/mol. The Morgan fingerprint density at radius 2 is 2.10 bits per heavy atom. The summed E-state index contributed by atoms with van der Waals surface area (Å²) in [4.78, 5) is 11.7. The summed E-state index contributed by atoms with van der Waals surface area (Å²) in [5.41, 5.74) is 3.68. The van der Waals surface area contributed by atoms with Crippen LogP contribution in [0.4, 0.5) is 4.39 Å². The number of halogens is 1. The molecule has 0 bridgehead atoms. The Balaban J connectivity index is 2.33. The van der Waals surface area contributed by atoms with Crippen LogP contribution >= 0.6 is 0 Å². The zero-order valence-electron chi connectivity index (χ0n) is 12.9. The molecule has 3 nitrogen and oxygen atoms in total. The van der Waals surface area contributed by atoms with Gasteiger partial charge in [0.25, 0.3) is 5.91 Å². The second kappa shape index (κ2) is 9.06. The highest BCUT2D eigenvalue weighted by molar-refractivity contribution is 5.94. The van der Waals surface area contributed by atoms with Crippen LogP contribution in [0, 0.1) is 11.7 Å². The van der Waals surface area contributed by atoms with Crippen LogP contribution in [0.5, 0.6) is 0 Å². The van der Waals surface area contributed by atoms with Crippen molar-refractivity contribution in [3.05, 3.63) is 47.3 Å². The molecule has 0 aliphatic rings. The van der Waals surface area contributed by atoms with Crippen molar-refractivity contribution < 1.29 is 9.18 Å². The lowest BCUT2D eigenvalue weighted by atomic mass is 10.0. The van der Waals surface area contributed by atoms with Crippen LogP contribution in [0.3, 0.4) is 0 Å². The van der Waals surface area contributed by atoms with Crippen LogP contribution in [-0.4, -0.2) is 12.1 Å². The lowest BCUT2D eigenvalue weighted by molar-refractivity contribution is 0.0951. The van der Waals surface area contributed by atoms with E-state index in [1.807, 2.05) is 0 Å². The predicted octanol–water partition coefficient (Wildman–Crippen LogP) is 4.31. The number of benzene rings is 1. The minimum Gasteiger partial charge on any atom is -0.267 e. The first kappa shape index (κ1) is 17.1. The molecule has 1 N–H and O–H groups in total. The van der Waals surface area contributed by atoms with Gasteiger partial charge in [0.2, 0.25) is 0 Å². The molecule has 1 amide bonds. The molecule has 0 fully saturated rings. The Morgan fingerprint density at radius 3 is 2.76 bits per heavy atom.